The second-order valence-corrected chi connectivity index (χ2v) is 3.65. The van der Waals surface area contributed by atoms with Gasteiger partial charge in [0, 0.05) is 17.7 Å². The van der Waals surface area contributed by atoms with Crippen molar-refractivity contribution < 1.29 is 9.72 Å². The van der Waals surface area contributed by atoms with Gasteiger partial charge in [-0.05, 0) is 26.0 Å². The molecule has 3 N–H and O–H groups in total. The number of hydrogen-bond donors (Lipinski definition) is 2. The molecule has 0 spiro atoms. The van der Waals surface area contributed by atoms with Crippen molar-refractivity contribution in [2.45, 2.75) is 19.9 Å². The smallest absolute Gasteiger partial charge is 0.292 e. The maximum atomic E-state index is 10.9. The van der Waals surface area contributed by atoms with E-state index in [0.29, 0.717) is 5.69 Å². The van der Waals surface area contributed by atoms with Gasteiger partial charge in [0.25, 0.3) is 5.69 Å². The van der Waals surface area contributed by atoms with Crippen molar-refractivity contribution in [1.82, 2.24) is 0 Å². The van der Waals surface area contributed by atoms with Crippen molar-refractivity contribution in [3.63, 3.8) is 0 Å². The lowest BCUT2D eigenvalue weighted by molar-refractivity contribution is -0.384. The largest absolute Gasteiger partial charge is 0.377 e. The van der Waals surface area contributed by atoms with E-state index >= 15 is 0 Å². The van der Waals surface area contributed by atoms with Crippen LogP contribution in [-0.4, -0.2) is 16.9 Å². The Morgan fingerprint density at radius 3 is 2.56 bits per heavy atom. The number of carbonyl (C=O) groups is 1. The van der Waals surface area contributed by atoms with Gasteiger partial charge in [-0.3, -0.25) is 14.9 Å². The summed E-state index contributed by atoms with van der Waals surface area (Å²) in [6, 6.07) is 4.03. The summed E-state index contributed by atoms with van der Waals surface area (Å²) < 4.78 is 0. The average molecular weight is 223 g/mol. The van der Waals surface area contributed by atoms with Crippen molar-refractivity contribution in [2.24, 2.45) is 5.73 Å². The number of rotatable bonds is 4. The molecule has 0 saturated carbocycles. The lowest BCUT2D eigenvalue weighted by Gasteiger charge is -2.10. The van der Waals surface area contributed by atoms with Gasteiger partial charge in [-0.25, -0.2) is 0 Å². The summed E-state index contributed by atoms with van der Waals surface area (Å²) in [5.74, 6) is -0.610. The predicted octanol–water partition coefficient (Wildman–Crippen LogP) is 1.51. The van der Waals surface area contributed by atoms with Gasteiger partial charge < -0.3 is 11.1 Å². The van der Waals surface area contributed by atoms with E-state index in [1.165, 1.54) is 18.2 Å². The predicted molar refractivity (Wildman–Crippen MR) is 60.4 cm³/mol. The van der Waals surface area contributed by atoms with Gasteiger partial charge in [0.15, 0.2) is 0 Å². The highest BCUT2D eigenvalue weighted by Gasteiger charge is 2.16. The molecule has 0 aliphatic heterocycles. The molecule has 0 atom stereocenters. The molecular weight excluding hydrogens is 210 g/mol. The minimum atomic E-state index is -0.610. The fraction of sp³-hybridized carbons (Fsp3) is 0.300. The van der Waals surface area contributed by atoms with E-state index in [1.807, 2.05) is 13.8 Å². The van der Waals surface area contributed by atoms with Crippen LogP contribution in [0, 0.1) is 10.1 Å². The average Bonchev–Trinajstić information content (AvgIpc) is 2.15. The van der Waals surface area contributed by atoms with Crippen LogP contribution in [0.1, 0.15) is 24.2 Å². The molecule has 86 valence electrons. The van der Waals surface area contributed by atoms with E-state index in [2.05, 4.69) is 5.32 Å². The molecule has 1 rings (SSSR count). The summed E-state index contributed by atoms with van der Waals surface area (Å²) in [7, 11) is 0. The lowest BCUT2D eigenvalue weighted by atomic mass is 10.1. The van der Waals surface area contributed by atoms with Crippen molar-refractivity contribution >= 4 is 17.3 Å². The summed E-state index contributed by atoms with van der Waals surface area (Å²) in [5, 5.41) is 13.6. The van der Waals surface area contributed by atoms with Crippen molar-refractivity contribution in [1.29, 1.82) is 0 Å². The molecule has 0 radical (unpaired) electrons. The normalized spacial score (nSPS) is 10.2. The van der Waals surface area contributed by atoms with E-state index in [0.717, 1.165) is 0 Å². The van der Waals surface area contributed by atoms with Crippen molar-refractivity contribution in [3.8, 4) is 0 Å². The maximum Gasteiger partial charge on any atom is 0.292 e. The molecule has 1 aromatic rings. The third kappa shape index (κ3) is 2.69. The number of anilines is 1. The Hall–Kier alpha value is -2.11. The first-order valence-electron chi connectivity index (χ1n) is 4.76. The van der Waals surface area contributed by atoms with Gasteiger partial charge in [0.1, 0.15) is 5.69 Å². The molecule has 16 heavy (non-hydrogen) atoms. The fourth-order valence-corrected chi connectivity index (χ4v) is 1.28. The molecule has 0 bridgehead atoms. The first-order chi connectivity index (χ1) is 7.41. The maximum absolute atomic E-state index is 10.9. The first kappa shape index (κ1) is 12.0. The molecule has 1 aromatic carbocycles. The third-order valence-electron chi connectivity index (χ3n) is 1.92. The van der Waals surface area contributed by atoms with Crippen molar-refractivity contribution in [2.75, 3.05) is 5.32 Å². The monoisotopic (exact) mass is 223 g/mol. The Kier molecular flexibility index (Phi) is 3.44. The summed E-state index contributed by atoms with van der Waals surface area (Å²) >= 11 is 0. The number of nitrogens with two attached hydrogens (primary N) is 1. The van der Waals surface area contributed by atoms with Crippen LogP contribution in [0.5, 0.6) is 0 Å². The van der Waals surface area contributed by atoms with Crippen molar-refractivity contribution in [3.05, 3.63) is 33.9 Å². The van der Waals surface area contributed by atoms with Gasteiger partial charge in [0.2, 0.25) is 5.91 Å². The number of nitro benzene ring substituents is 1. The van der Waals surface area contributed by atoms with Crippen LogP contribution in [0.15, 0.2) is 18.2 Å². The summed E-state index contributed by atoms with van der Waals surface area (Å²) in [6.07, 6.45) is 0. The first-order valence-corrected chi connectivity index (χ1v) is 4.76. The second-order valence-electron chi connectivity index (χ2n) is 3.65. The van der Waals surface area contributed by atoms with Crippen LogP contribution in [0.2, 0.25) is 0 Å². The Bertz CT molecular complexity index is 429. The summed E-state index contributed by atoms with van der Waals surface area (Å²) in [4.78, 5) is 21.2. The van der Waals surface area contributed by atoms with Crippen LogP contribution in [-0.2, 0) is 0 Å². The number of nitrogens with one attached hydrogen (secondary N) is 1. The molecule has 0 aromatic heterocycles. The standard InChI is InChI=1S/C10H13N3O3/c1-6(2)12-8-5-7(10(11)14)3-4-9(8)13(15)16/h3-6,12H,1-2H3,(H2,11,14). The number of primary amides is 1. The third-order valence-corrected chi connectivity index (χ3v) is 1.92. The number of hydrogen-bond acceptors (Lipinski definition) is 4. The Labute approximate surface area is 92.6 Å². The Morgan fingerprint density at radius 2 is 2.12 bits per heavy atom. The van der Waals surface area contributed by atoms with Crippen LogP contribution >= 0.6 is 0 Å². The molecule has 0 heterocycles. The van der Waals surface area contributed by atoms with Crippen LogP contribution in [0.4, 0.5) is 11.4 Å². The highest BCUT2D eigenvalue weighted by Crippen LogP contribution is 2.25. The SMILES string of the molecule is CC(C)Nc1cc(C(N)=O)ccc1[N+](=O)[O-]. The summed E-state index contributed by atoms with van der Waals surface area (Å²) in [6.45, 7) is 3.70. The zero-order chi connectivity index (χ0) is 12.3. The van der Waals surface area contributed by atoms with Gasteiger partial charge in [0.05, 0.1) is 4.92 Å². The zero-order valence-corrected chi connectivity index (χ0v) is 9.06. The minimum Gasteiger partial charge on any atom is -0.377 e. The van der Waals surface area contributed by atoms with Gasteiger partial charge in [-0.2, -0.15) is 0 Å². The molecular formula is C10H13N3O3. The summed E-state index contributed by atoms with van der Waals surface area (Å²) in [5.41, 5.74) is 5.58. The second kappa shape index (κ2) is 4.61. The molecule has 1 amide bonds. The molecule has 6 heteroatoms. The number of nitrogens with zero attached hydrogens (tertiary/aromatic N) is 1. The highest BCUT2D eigenvalue weighted by atomic mass is 16.6. The zero-order valence-electron chi connectivity index (χ0n) is 9.06. The van der Waals surface area contributed by atoms with E-state index in [4.69, 9.17) is 5.73 Å². The van der Waals surface area contributed by atoms with Crippen LogP contribution in [0.25, 0.3) is 0 Å². The lowest BCUT2D eigenvalue weighted by Crippen LogP contribution is -2.14. The number of nitro groups is 1. The van der Waals surface area contributed by atoms with Crippen LogP contribution in [0.3, 0.4) is 0 Å². The number of amides is 1. The minimum absolute atomic E-state index is 0.0295. The molecule has 0 unspecified atom stereocenters. The highest BCUT2D eigenvalue weighted by molar-refractivity contribution is 5.94. The van der Waals surface area contributed by atoms with Gasteiger partial charge >= 0.3 is 0 Å². The van der Waals surface area contributed by atoms with Gasteiger partial charge in [-0.1, -0.05) is 0 Å². The Morgan fingerprint density at radius 1 is 1.50 bits per heavy atom. The molecule has 0 aliphatic rings. The number of benzene rings is 1. The van der Waals surface area contributed by atoms with Gasteiger partial charge in [-0.15, -0.1) is 0 Å². The van der Waals surface area contributed by atoms with E-state index in [1.54, 1.807) is 0 Å². The number of carbonyl (C=O) groups excluding carboxylic acids is 1. The molecule has 0 aliphatic carbocycles. The van der Waals surface area contributed by atoms with E-state index in [9.17, 15) is 14.9 Å². The quantitative estimate of drug-likeness (QED) is 0.597. The van der Waals surface area contributed by atoms with E-state index in [-0.39, 0.29) is 17.3 Å². The molecule has 6 nitrogen and oxygen atoms in total. The topological polar surface area (TPSA) is 98.3 Å². The fourth-order valence-electron chi connectivity index (χ4n) is 1.28. The van der Waals surface area contributed by atoms with Crippen LogP contribution < -0.4 is 11.1 Å². The Balaban J connectivity index is 3.21. The molecule has 0 fully saturated rings. The van der Waals surface area contributed by atoms with E-state index < -0.39 is 10.8 Å². The molecule has 0 saturated heterocycles.